The molecule has 1 fully saturated rings. The number of ether oxygens (including phenoxy) is 4. The van der Waals surface area contributed by atoms with Crippen molar-refractivity contribution in [2.45, 2.75) is 156 Å². The highest BCUT2D eigenvalue weighted by Gasteiger charge is 2.46. The van der Waals surface area contributed by atoms with Gasteiger partial charge in [-0.05, 0) is 103 Å². The van der Waals surface area contributed by atoms with Crippen LogP contribution in [0.5, 0.6) is 0 Å². The molecule has 1 aliphatic heterocycles. The molecule has 0 aromatic heterocycles. The monoisotopic (exact) mass is 729 g/mol. The van der Waals surface area contributed by atoms with Crippen LogP contribution in [0.25, 0.3) is 0 Å². The van der Waals surface area contributed by atoms with Gasteiger partial charge in [-0.1, -0.05) is 0 Å². The van der Waals surface area contributed by atoms with Crippen LogP contribution in [0.2, 0.25) is 0 Å². The van der Waals surface area contributed by atoms with Gasteiger partial charge in [-0.25, -0.2) is 0 Å². The van der Waals surface area contributed by atoms with Crippen molar-refractivity contribution in [3.05, 3.63) is 0 Å². The van der Waals surface area contributed by atoms with Crippen molar-refractivity contribution in [2.24, 2.45) is 0 Å². The summed E-state index contributed by atoms with van der Waals surface area (Å²) in [5.74, 6) is -4.81. The Labute approximate surface area is 303 Å². The van der Waals surface area contributed by atoms with E-state index in [0.717, 1.165) is 0 Å². The molecule has 3 atom stereocenters. The van der Waals surface area contributed by atoms with Crippen LogP contribution in [0.3, 0.4) is 0 Å². The van der Waals surface area contributed by atoms with Crippen LogP contribution in [0.15, 0.2) is 0 Å². The van der Waals surface area contributed by atoms with Crippen LogP contribution >= 0.6 is 0 Å². The van der Waals surface area contributed by atoms with Crippen molar-refractivity contribution >= 4 is 35.8 Å². The lowest BCUT2D eigenvalue weighted by Crippen LogP contribution is -2.62. The van der Waals surface area contributed by atoms with Gasteiger partial charge in [0.1, 0.15) is 34.5 Å². The molecule has 15 heteroatoms. The van der Waals surface area contributed by atoms with Gasteiger partial charge in [0.05, 0.1) is 13.1 Å². The molecule has 0 spiro atoms. The number of rotatable bonds is 15. The average Bonchev–Trinajstić information content (AvgIpc) is 3.03. The fourth-order valence-corrected chi connectivity index (χ4v) is 5.73. The minimum Gasteiger partial charge on any atom is -0.481 e. The summed E-state index contributed by atoms with van der Waals surface area (Å²) >= 11 is 0. The zero-order chi connectivity index (χ0) is 39.8. The molecule has 0 aliphatic carbocycles. The van der Waals surface area contributed by atoms with E-state index in [1.807, 2.05) is 0 Å². The molecule has 1 aliphatic rings. The summed E-state index contributed by atoms with van der Waals surface area (Å²) in [4.78, 5) is 82.8. The number of carboxylic acids is 2. The van der Waals surface area contributed by atoms with Crippen LogP contribution in [0, 0.1) is 0 Å². The zero-order valence-corrected chi connectivity index (χ0v) is 33.0. The molecule has 1 rings (SSSR count). The number of carboxylic acid groups (broad SMARTS) is 2. The van der Waals surface area contributed by atoms with Gasteiger partial charge in [-0.2, -0.15) is 0 Å². The van der Waals surface area contributed by atoms with Gasteiger partial charge < -0.3 is 29.2 Å². The van der Waals surface area contributed by atoms with Gasteiger partial charge in [0.25, 0.3) is 0 Å². The Morgan fingerprint density at radius 2 is 0.882 bits per heavy atom. The van der Waals surface area contributed by atoms with Gasteiger partial charge in [-0.3, -0.25) is 43.5 Å². The van der Waals surface area contributed by atoms with E-state index in [1.165, 1.54) is 0 Å². The number of hydrogen-bond acceptors (Lipinski definition) is 13. The van der Waals surface area contributed by atoms with Crippen molar-refractivity contribution < 1.29 is 57.9 Å². The van der Waals surface area contributed by atoms with Crippen LogP contribution in [0.1, 0.15) is 116 Å². The largest absolute Gasteiger partial charge is 0.481 e. The second-order valence-corrected chi connectivity index (χ2v) is 17.4. The summed E-state index contributed by atoms with van der Waals surface area (Å²) in [6.07, 6.45) is -0.904. The molecular weight excluding hydrogens is 666 g/mol. The third-order valence-electron chi connectivity index (χ3n) is 7.51. The summed E-state index contributed by atoms with van der Waals surface area (Å²) in [5.41, 5.74) is -4.71. The standard InChI is InChI=1S/C36H63N3O12/c1-32(2,3)48-28(44)20-39(21-29(45)49-33(4,5)6)36(13)22-37(24(14-16-26(40)41)30(46)50-34(7,8)9)18-19-38(23-36)25(15-17-27(42)43)31(47)51-35(10,11)12/h24-25H,14-23H2,1-13H3,(H,40,41)(H,42,43)/t24-,25+,36?. The minimum atomic E-state index is -1.22. The van der Waals surface area contributed by atoms with Crippen molar-refractivity contribution in [1.29, 1.82) is 0 Å². The van der Waals surface area contributed by atoms with Crippen LogP contribution in [-0.2, 0) is 47.7 Å². The number of carbonyl (C=O) groups excluding carboxylic acids is 4. The molecule has 0 saturated carbocycles. The normalized spacial score (nSPS) is 19.4. The molecule has 51 heavy (non-hydrogen) atoms. The maximum Gasteiger partial charge on any atom is 0.323 e. The summed E-state index contributed by atoms with van der Waals surface area (Å²) in [5, 5.41) is 19.2. The van der Waals surface area contributed by atoms with E-state index >= 15 is 0 Å². The highest BCUT2D eigenvalue weighted by molar-refractivity contribution is 5.79. The number of hydrogen-bond donors (Lipinski definition) is 2. The van der Waals surface area contributed by atoms with Crippen LogP contribution in [0.4, 0.5) is 0 Å². The van der Waals surface area contributed by atoms with Gasteiger partial charge in [-0.15, -0.1) is 0 Å². The molecule has 2 N–H and O–H groups in total. The van der Waals surface area contributed by atoms with E-state index in [9.17, 15) is 39.0 Å². The first kappa shape index (κ1) is 45.7. The number of nitrogens with zero attached hydrogens (tertiary/aromatic N) is 3. The lowest BCUT2D eigenvalue weighted by atomic mass is 9.95. The lowest BCUT2D eigenvalue weighted by Gasteiger charge is -2.45. The molecule has 0 radical (unpaired) electrons. The minimum absolute atomic E-state index is 0.0125. The third kappa shape index (κ3) is 18.2. The fourth-order valence-electron chi connectivity index (χ4n) is 5.73. The van der Waals surface area contributed by atoms with Gasteiger partial charge in [0, 0.05) is 44.6 Å². The van der Waals surface area contributed by atoms with Crippen LogP contribution in [-0.4, -0.2) is 140 Å². The molecule has 1 saturated heterocycles. The van der Waals surface area contributed by atoms with Crippen molar-refractivity contribution in [3.63, 3.8) is 0 Å². The average molecular weight is 730 g/mol. The molecule has 1 heterocycles. The van der Waals surface area contributed by atoms with Crippen molar-refractivity contribution in [3.8, 4) is 0 Å². The van der Waals surface area contributed by atoms with Crippen molar-refractivity contribution in [2.75, 3.05) is 39.3 Å². The van der Waals surface area contributed by atoms with E-state index in [2.05, 4.69) is 0 Å². The zero-order valence-electron chi connectivity index (χ0n) is 33.0. The summed E-state index contributed by atoms with van der Waals surface area (Å²) in [6, 6.07) is -2.10. The fraction of sp³-hybridized carbons (Fsp3) is 0.833. The second-order valence-electron chi connectivity index (χ2n) is 17.4. The molecular formula is C36H63N3O12. The number of carbonyl (C=O) groups is 6. The molecule has 0 aromatic rings. The first-order chi connectivity index (χ1) is 22.9. The quantitative estimate of drug-likeness (QED) is 0.184. The van der Waals surface area contributed by atoms with E-state index in [0.29, 0.717) is 0 Å². The Kier molecular flexibility index (Phi) is 16.1. The van der Waals surface area contributed by atoms with Gasteiger partial charge >= 0.3 is 35.8 Å². The third-order valence-corrected chi connectivity index (χ3v) is 7.51. The predicted octanol–water partition coefficient (Wildman–Crippen LogP) is 3.50. The van der Waals surface area contributed by atoms with Gasteiger partial charge in [0.2, 0.25) is 0 Å². The molecule has 1 unspecified atom stereocenters. The molecule has 0 bridgehead atoms. The molecule has 15 nitrogen and oxygen atoms in total. The molecule has 0 amide bonds. The van der Waals surface area contributed by atoms with E-state index < -0.39 is 75.8 Å². The Balaban J connectivity index is 3.95. The summed E-state index contributed by atoms with van der Waals surface area (Å²) in [6.45, 7) is 21.7. The molecule has 0 aromatic carbocycles. The smallest absolute Gasteiger partial charge is 0.323 e. The van der Waals surface area contributed by atoms with E-state index in [1.54, 1.807) is 105 Å². The first-order valence-corrected chi connectivity index (χ1v) is 17.5. The number of esters is 4. The van der Waals surface area contributed by atoms with Crippen LogP contribution < -0.4 is 0 Å². The second kappa shape index (κ2) is 18.0. The van der Waals surface area contributed by atoms with E-state index in [-0.39, 0.29) is 65.0 Å². The Hall–Kier alpha value is -3.30. The van der Waals surface area contributed by atoms with Gasteiger partial charge in [0.15, 0.2) is 0 Å². The maximum absolute atomic E-state index is 13.7. The first-order valence-electron chi connectivity index (χ1n) is 17.5. The Bertz CT molecular complexity index is 1150. The Morgan fingerprint density at radius 3 is 1.14 bits per heavy atom. The molecule has 294 valence electrons. The number of aliphatic carboxylic acids is 2. The van der Waals surface area contributed by atoms with E-state index in [4.69, 9.17) is 18.9 Å². The topological polar surface area (TPSA) is 190 Å². The summed E-state index contributed by atoms with van der Waals surface area (Å²) in [7, 11) is 0. The summed E-state index contributed by atoms with van der Waals surface area (Å²) < 4.78 is 22.8. The predicted molar refractivity (Wildman–Crippen MR) is 188 cm³/mol. The SMILES string of the molecule is CC(C)(C)OC(=O)CN(CC(=O)OC(C)(C)C)C1(C)CN([C@H](CCC(=O)O)C(=O)OC(C)(C)C)CCN([C@@H](CCC(=O)O)C(=O)OC(C)(C)C)C1. The van der Waals surface area contributed by atoms with Crippen molar-refractivity contribution in [1.82, 2.24) is 14.7 Å². The lowest BCUT2D eigenvalue weighted by molar-refractivity contribution is -0.168. The maximum atomic E-state index is 13.7. The highest BCUT2D eigenvalue weighted by Crippen LogP contribution is 2.29. The highest BCUT2D eigenvalue weighted by atomic mass is 16.6. The Morgan fingerprint density at radius 1 is 0.588 bits per heavy atom.